The van der Waals surface area contributed by atoms with E-state index < -0.39 is 29.7 Å². The highest BCUT2D eigenvalue weighted by Gasteiger charge is 2.28. The highest BCUT2D eigenvalue weighted by atomic mass is 19.1. The largest absolute Gasteiger partial charge is 0.480 e. The Kier molecular flexibility index (Phi) is 4.52. The molecule has 0 aliphatic rings. The summed E-state index contributed by atoms with van der Waals surface area (Å²) in [5, 5.41) is 12.6. The molecular formula is C19H17FN2O3. The summed E-state index contributed by atoms with van der Waals surface area (Å²) in [5.41, 5.74) is 1.61. The molecule has 2 atom stereocenters. The van der Waals surface area contributed by atoms with Crippen LogP contribution in [0.25, 0.3) is 10.9 Å². The summed E-state index contributed by atoms with van der Waals surface area (Å²) in [4.78, 5) is 26.9. The van der Waals surface area contributed by atoms with Gasteiger partial charge < -0.3 is 15.4 Å². The van der Waals surface area contributed by atoms with Gasteiger partial charge >= 0.3 is 5.97 Å². The van der Waals surface area contributed by atoms with Crippen molar-refractivity contribution in [3.8, 4) is 0 Å². The summed E-state index contributed by atoms with van der Waals surface area (Å²) >= 11 is 0. The van der Waals surface area contributed by atoms with Crippen molar-refractivity contribution in [2.75, 3.05) is 0 Å². The molecule has 0 bridgehead atoms. The highest BCUT2D eigenvalue weighted by molar-refractivity contribution is 5.99. The molecule has 0 spiro atoms. The van der Waals surface area contributed by atoms with E-state index >= 15 is 0 Å². The number of carboxylic acid groups (broad SMARTS) is 1. The molecule has 0 saturated heterocycles. The third-order valence-corrected chi connectivity index (χ3v) is 4.21. The number of carbonyl (C=O) groups excluding carboxylic acids is 1. The molecule has 3 rings (SSSR count). The third-order valence-electron chi connectivity index (χ3n) is 4.21. The molecule has 0 aliphatic heterocycles. The van der Waals surface area contributed by atoms with Gasteiger partial charge in [0.25, 0.3) is 5.91 Å². The first-order valence-corrected chi connectivity index (χ1v) is 7.82. The number of hydrogen-bond donors (Lipinski definition) is 3. The predicted molar refractivity (Wildman–Crippen MR) is 92.0 cm³/mol. The van der Waals surface area contributed by atoms with Crippen LogP contribution >= 0.6 is 0 Å². The number of hydrogen-bond acceptors (Lipinski definition) is 2. The fraction of sp³-hybridized carbons (Fsp3) is 0.158. The van der Waals surface area contributed by atoms with Gasteiger partial charge in [0.1, 0.15) is 17.6 Å². The number of aromatic nitrogens is 1. The minimum absolute atomic E-state index is 0.187. The molecule has 25 heavy (non-hydrogen) atoms. The standard InChI is InChI=1S/C19H17FN2O3/c1-11(12-5-3-2-4-6-12)17(19(24)25)22-18(23)16-10-13-9-14(20)7-8-15(13)21-16/h2-11,17,21H,1H3,(H,22,23)(H,24,25). The SMILES string of the molecule is CC(c1ccccc1)C(NC(=O)c1cc2cc(F)ccc2[nH]1)C(=O)O. The Morgan fingerprint density at radius 1 is 1.12 bits per heavy atom. The van der Waals surface area contributed by atoms with Crippen LogP contribution in [0, 0.1) is 5.82 Å². The van der Waals surface area contributed by atoms with Crippen LogP contribution in [0.5, 0.6) is 0 Å². The number of benzene rings is 2. The molecule has 0 aliphatic carbocycles. The summed E-state index contributed by atoms with van der Waals surface area (Å²) in [6.45, 7) is 1.75. The van der Waals surface area contributed by atoms with Crippen LogP contribution in [-0.4, -0.2) is 28.0 Å². The van der Waals surface area contributed by atoms with Crippen molar-refractivity contribution in [2.45, 2.75) is 18.9 Å². The number of H-pyrrole nitrogens is 1. The summed E-state index contributed by atoms with van der Waals surface area (Å²) in [6.07, 6.45) is 0. The van der Waals surface area contributed by atoms with Crippen molar-refractivity contribution in [3.05, 3.63) is 71.7 Å². The molecule has 0 saturated carbocycles. The summed E-state index contributed by atoms with van der Waals surface area (Å²) in [6, 6.07) is 13.7. The van der Waals surface area contributed by atoms with Gasteiger partial charge in [-0.25, -0.2) is 9.18 Å². The number of amides is 1. The van der Waals surface area contributed by atoms with Gasteiger partial charge in [-0.15, -0.1) is 0 Å². The molecular weight excluding hydrogens is 323 g/mol. The quantitative estimate of drug-likeness (QED) is 0.666. The van der Waals surface area contributed by atoms with E-state index in [1.807, 2.05) is 30.3 Å². The second kappa shape index (κ2) is 6.76. The molecule has 3 aromatic rings. The van der Waals surface area contributed by atoms with Crippen LogP contribution in [0.4, 0.5) is 4.39 Å². The lowest BCUT2D eigenvalue weighted by atomic mass is 9.93. The zero-order valence-electron chi connectivity index (χ0n) is 13.5. The fourth-order valence-corrected chi connectivity index (χ4v) is 2.79. The van der Waals surface area contributed by atoms with Crippen LogP contribution in [0.2, 0.25) is 0 Å². The van der Waals surface area contributed by atoms with Crippen LogP contribution in [0.1, 0.15) is 28.9 Å². The third kappa shape index (κ3) is 3.52. The Bertz CT molecular complexity index is 921. The number of carbonyl (C=O) groups is 2. The maximum absolute atomic E-state index is 13.3. The molecule has 1 amide bonds. The van der Waals surface area contributed by atoms with E-state index in [2.05, 4.69) is 10.3 Å². The zero-order valence-corrected chi connectivity index (χ0v) is 13.5. The average molecular weight is 340 g/mol. The van der Waals surface area contributed by atoms with Gasteiger partial charge in [0.05, 0.1) is 0 Å². The van der Waals surface area contributed by atoms with Crippen LogP contribution in [0.3, 0.4) is 0 Å². The number of carboxylic acids is 1. The van der Waals surface area contributed by atoms with E-state index in [-0.39, 0.29) is 5.69 Å². The van der Waals surface area contributed by atoms with Gasteiger partial charge in [-0.2, -0.15) is 0 Å². The van der Waals surface area contributed by atoms with Crippen molar-refractivity contribution in [3.63, 3.8) is 0 Å². The number of halogens is 1. The summed E-state index contributed by atoms with van der Waals surface area (Å²) in [7, 11) is 0. The second-order valence-corrected chi connectivity index (χ2v) is 5.90. The number of nitrogens with one attached hydrogen (secondary N) is 2. The highest BCUT2D eigenvalue weighted by Crippen LogP contribution is 2.21. The Morgan fingerprint density at radius 2 is 1.84 bits per heavy atom. The van der Waals surface area contributed by atoms with Crippen molar-refractivity contribution in [1.82, 2.24) is 10.3 Å². The molecule has 0 fully saturated rings. The van der Waals surface area contributed by atoms with E-state index in [1.54, 1.807) is 6.92 Å². The van der Waals surface area contributed by atoms with Gasteiger partial charge in [-0.1, -0.05) is 37.3 Å². The number of rotatable bonds is 5. The summed E-state index contributed by atoms with van der Waals surface area (Å²) in [5.74, 6) is -2.48. The van der Waals surface area contributed by atoms with E-state index in [1.165, 1.54) is 24.3 Å². The molecule has 6 heteroatoms. The van der Waals surface area contributed by atoms with Gasteiger partial charge in [0, 0.05) is 16.8 Å². The van der Waals surface area contributed by atoms with Crippen LogP contribution < -0.4 is 5.32 Å². The molecule has 0 radical (unpaired) electrons. The lowest BCUT2D eigenvalue weighted by molar-refractivity contribution is -0.139. The molecule has 128 valence electrons. The van der Waals surface area contributed by atoms with Crippen LogP contribution in [-0.2, 0) is 4.79 Å². The number of aliphatic carboxylic acids is 1. The van der Waals surface area contributed by atoms with Crippen LogP contribution in [0.15, 0.2) is 54.6 Å². The van der Waals surface area contributed by atoms with Crippen molar-refractivity contribution in [2.24, 2.45) is 0 Å². The fourth-order valence-electron chi connectivity index (χ4n) is 2.79. The second-order valence-electron chi connectivity index (χ2n) is 5.90. The maximum atomic E-state index is 13.3. The van der Waals surface area contributed by atoms with Crippen molar-refractivity contribution in [1.29, 1.82) is 0 Å². The molecule has 1 heterocycles. The lowest BCUT2D eigenvalue weighted by Crippen LogP contribution is -2.44. The minimum atomic E-state index is -1.12. The number of fused-ring (bicyclic) bond motifs is 1. The molecule has 3 N–H and O–H groups in total. The minimum Gasteiger partial charge on any atom is -0.480 e. The lowest BCUT2D eigenvalue weighted by Gasteiger charge is -2.21. The van der Waals surface area contributed by atoms with Crippen molar-refractivity contribution >= 4 is 22.8 Å². The number of aromatic amines is 1. The Morgan fingerprint density at radius 3 is 2.52 bits per heavy atom. The predicted octanol–water partition coefficient (Wildman–Crippen LogP) is 3.29. The van der Waals surface area contributed by atoms with Crippen molar-refractivity contribution < 1.29 is 19.1 Å². The monoisotopic (exact) mass is 340 g/mol. The first kappa shape index (κ1) is 16.7. The van der Waals surface area contributed by atoms with E-state index in [0.29, 0.717) is 10.9 Å². The van der Waals surface area contributed by atoms with Gasteiger partial charge in [0.2, 0.25) is 0 Å². The first-order chi connectivity index (χ1) is 12.0. The Labute approximate surface area is 143 Å². The van der Waals surface area contributed by atoms with E-state index in [0.717, 1.165) is 5.56 Å². The Balaban J connectivity index is 1.83. The molecule has 2 aromatic carbocycles. The average Bonchev–Trinajstić information content (AvgIpc) is 3.02. The Hall–Kier alpha value is -3.15. The molecule has 1 aromatic heterocycles. The van der Waals surface area contributed by atoms with E-state index in [4.69, 9.17) is 0 Å². The maximum Gasteiger partial charge on any atom is 0.326 e. The zero-order chi connectivity index (χ0) is 18.0. The van der Waals surface area contributed by atoms with Gasteiger partial charge in [-0.3, -0.25) is 4.79 Å². The molecule has 2 unspecified atom stereocenters. The normalized spacial score (nSPS) is 13.4. The van der Waals surface area contributed by atoms with Gasteiger partial charge in [0.15, 0.2) is 0 Å². The smallest absolute Gasteiger partial charge is 0.326 e. The van der Waals surface area contributed by atoms with Gasteiger partial charge in [-0.05, 0) is 29.8 Å². The first-order valence-electron chi connectivity index (χ1n) is 7.82. The van der Waals surface area contributed by atoms with E-state index in [9.17, 15) is 19.1 Å². The molecule has 5 nitrogen and oxygen atoms in total. The topological polar surface area (TPSA) is 82.2 Å². The summed E-state index contributed by atoms with van der Waals surface area (Å²) < 4.78 is 13.3.